The molecule has 2 aliphatic heterocycles. The van der Waals surface area contributed by atoms with Crippen LogP contribution in [0.2, 0.25) is 0 Å². The highest BCUT2D eigenvalue weighted by Crippen LogP contribution is 2.64. The summed E-state index contributed by atoms with van der Waals surface area (Å²) in [6.07, 6.45) is 2.45. The molecular weight excluding hydrogens is 452 g/mol. The molecule has 2 saturated carbocycles. The molecule has 2 bridgehead atoms. The number of anilines is 1. The maximum Gasteiger partial charge on any atom is 0.243 e. The van der Waals surface area contributed by atoms with Crippen molar-refractivity contribution >= 4 is 31.5 Å². The molecule has 2 atom stereocenters. The molecule has 10 heteroatoms. The maximum atomic E-state index is 13.5. The summed E-state index contributed by atoms with van der Waals surface area (Å²) < 4.78 is 61.1. The van der Waals surface area contributed by atoms with Crippen LogP contribution < -0.4 is 4.31 Å². The van der Waals surface area contributed by atoms with E-state index in [2.05, 4.69) is 0 Å². The zero-order chi connectivity index (χ0) is 22.9. The fraction of sp³-hybridized carbons (Fsp3) is 0.682. The number of carbonyl (C=O) groups excluding carboxylic acids is 1. The predicted octanol–water partition coefficient (Wildman–Crippen LogP) is 1.80. The van der Waals surface area contributed by atoms with Crippen molar-refractivity contribution in [1.82, 2.24) is 4.31 Å². The minimum absolute atomic E-state index is 0.0775. The number of carbonyl (C=O) groups is 1. The summed E-state index contributed by atoms with van der Waals surface area (Å²) >= 11 is 0. The maximum absolute atomic E-state index is 13.5. The van der Waals surface area contributed by atoms with Gasteiger partial charge in [0, 0.05) is 26.1 Å². The predicted molar refractivity (Wildman–Crippen MR) is 119 cm³/mol. The summed E-state index contributed by atoms with van der Waals surface area (Å²) in [5, 5.41) is 0. The highest BCUT2D eigenvalue weighted by molar-refractivity contribution is 7.92. The Morgan fingerprint density at radius 3 is 2.44 bits per heavy atom. The van der Waals surface area contributed by atoms with Gasteiger partial charge in [0.1, 0.15) is 5.78 Å². The number of Topliss-reactive ketones (excluding diaryl/α,β-unsaturated/α-hetero) is 1. The largest absolute Gasteiger partial charge is 0.379 e. The number of benzene rings is 1. The second-order valence-electron chi connectivity index (χ2n) is 10.1. The van der Waals surface area contributed by atoms with Gasteiger partial charge in [-0.2, -0.15) is 4.31 Å². The molecule has 0 radical (unpaired) electrons. The van der Waals surface area contributed by atoms with Gasteiger partial charge < -0.3 is 4.74 Å². The normalized spacial score (nSPS) is 30.1. The van der Waals surface area contributed by atoms with Crippen LogP contribution in [0.4, 0.5) is 5.69 Å². The number of fused-ring (bicyclic) bond motifs is 3. The lowest BCUT2D eigenvalue weighted by atomic mass is 9.70. The van der Waals surface area contributed by atoms with E-state index in [1.165, 1.54) is 14.7 Å². The molecule has 1 aromatic rings. The fourth-order valence-corrected chi connectivity index (χ4v) is 9.99. The van der Waals surface area contributed by atoms with Crippen LogP contribution in [0, 0.1) is 16.7 Å². The zero-order valence-corrected chi connectivity index (χ0v) is 20.2. The van der Waals surface area contributed by atoms with E-state index in [0.717, 1.165) is 6.42 Å². The smallest absolute Gasteiger partial charge is 0.243 e. The van der Waals surface area contributed by atoms with Crippen molar-refractivity contribution in [3.63, 3.8) is 0 Å². The van der Waals surface area contributed by atoms with Crippen molar-refractivity contribution in [2.24, 2.45) is 16.7 Å². The van der Waals surface area contributed by atoms with Gasteiger partial charge in [-0.25, -0.2) is 16.8 Å². The molecule has 5 rings (SSSR count). The monoisotopic (exact) mass is 482 g/mol. The van der Waals surface area contributed by atoms with E-state index < -0.39 is 25.5 Å². The third kappa shape index (κ3) is 3.09. The summed E-state index contributed by atoms with van der Waals surface area (Å²) in [4.78, 5) is 13.0. The highest BCUT2D eigenvalue weighted by Gasteiger charge is 2.65. The van der Waals surface area contributed by atoms with Crippen molar-refractivity contribution in [2.75, 3.05) is 42.9 Å². The van der Waals surface area contributed by atoms with Crippen molar-refractivity contribution in [1.29, 1.82) is 0 Å². The lowest BCUT2D eigenvalue weighted by molar-refractivity contribution is -0.128. The van der Waals surface area contributed by atoms with Crippen LogP contribution in [-0.2, 0) is 36.0 Å². The Labute approximate surface area is 190 Å². The Morgan fingerprint density at radius 2 is 1.81 bits per heavy atom. The third-order valence-corrected chi connectivity index (χ3v) is 12.2. The van der Waals surface area contributed by atoms with Gasteiger partial charge >= 0.3 is 0 Å². The molecule has 0 aromatic heterocycles. The Morgan fingerprint density at radius 1 is 1.09 bits per heavy atom. The molecule has 176 valence electrons. The van der Waals surface area contributed by atoms with Crippen LogP contribution in [0.25, 0.3) is 0 Å². The molecule has 2 aliphatic carbocycles. The number of ether oxygens (including phenoxy) is 1. The minimum atomic E-state index is -3.74. The number of ketones is 1. The standard InChI is InChI=1S/C22H30N2O6S2/c1-21(2)17-5-7-22(21,20(25)14-17)15-31(26,27)24-8-6-16-13-18(3-4-19(16)24)32(28,29)23-9-11-30-12-10-23/h3-4,13,17H,5-12,14-15H2,1-2H3. The first-order chi connectivity index (χ1) is 15.0. The Kier molecular flexibility index (Phi) is 5.06. The number of hydrogen-bond donors (Lipinski definition) is 0. The molecule has 2 unspecified atom stereocenters. The van der Waals surface area contributed by atoms with Gasteiger partial charge in [0.05, 0.1) is 35.0 Å². The molecule has 1 aromatic carbocycles. The van der Waals surface area contributed by atoms with Gasteiger partial charge in [0.25, 0.3) is 0 Å². The average Bonchev–Trinajstić information content (AvgIpc) is 3.34. The average molecular weight is 483 g/mol. The van der Waals surface area contributed by atoms with E-state index in [-0.39, 0.29) is 34.3 Å². The quantitative estimate of drug-likeness (QED) is 0.634. The third-order valence-electron chi connectivity index (χ3n) is 8.42. The minimum Gasteiger partial charge on any atom is -0.379 e. The van der Waals surface area contributed by atoms with Crippen LogP contribution in [0.5, 0.6) is 0 Å². The van der Waals surface area contributed by atoms with Crippen LogP contribution in [0.15, 0.2) is 23.1 Å². The Balaban J connectivity index is 1.43. The number of nitrogens with zero attached hydrogens (tertiary/aromatic N) is 2. The highest BCUT2D eigenvalue weighted by atomic mass is 32.2. The van der Waals surface area contributed by atoms with E-state index in [9.17, 15) is 21.6 Å². The summed E-state index contributed by atoms with van der Waals surface area (Å²) in [7, 11) is -7.38. The van der Waals surface area contributed by atoms with Crippen molar-refractivity contribution in [3.05, 3.63) is 23.8 Å². The van der Waals surface area contributed by atoms with E-state index >= 15 is 0 Å². The van der Waals surface area contributed by atoms with Gasteiger partial charge in [0.2, 0.25) is 20.0 Å². The molecular formula is C22H30N2O6S2. The number of rotatable bonds is 5. The molecule has 3 fully saturated rings. The van der Waals surface area contributed by atoms with Crippen LogP contribution in [-0.4, -0.2) is 65.5 Å². The second kappa shape index (κ2) is 7.25. The van der Waals surface area contributed by atoms with E-state index in [1.807, 2.05) is 13.8 Å². The van der Waals surface area contributed by atoms with Crippen molar-refractivity contribution in [2.45, 2.75) is 44.4 Å². The summed E-state index contributed by atoms with van der Waals surface area (Å²) in [6.45, 7) is 5.70. The Hall–Kier alpha value is -1.49. The second-order valence-corrected chi connectivity index (χ2v) is 13.9. The molecule has 4 aliphatic rings. The topological polar surface area (TPSA) is 101 Å². The van der Waals surface area contributed by atoms with Gasteiger partial charge in [-0.1, -0.05) is 13.8 Å². The molecule has 0 N–H and O–H groups in total. The van der Waals surface area contributed by atoms with E-state index in [4.69, 9.17) is 4.74 Å². The summed E-state index contributed by atoms with van der Waals surface area (Å²) in [5.41, 5.74) is 0.0936. The lowest BCUT2D eigenvalue weighted by Crippen LogP contribution is -2.46. The molecule has 1 saturated heterocycles. The first kappa shape index (κ1) is 22.3. The lowest BCUT2D eigenvalue weighted by Gasteiger charge is -2.37. The van der Waals surface area contributed by atoms with E-state index in [0.29, 0.717) is 56.8 Å². The van der Waals surface area contributed by atoms with Gasteiger partial charge in [-0.15, -0.1) is 0 Å². The van der Waals surface area contributed by atoms with Crippen LogP contribution in [0.3, 0.4) is 0 Å². The molecule has 8 nitrogen and oxygen atoms in total. The number of sulfonamides is 2. The van der Waals surface area contributed by atoms with Gasteiger partial charge in [-0.05, 0) is 54.4 Å². The molecule has 2 heterocycles. The van der Waals surface area contributed by atoms with Crippen molar-refractivity contribution < 1.29 is 26.4 Å². The SMILES string of the molecule is CC1(C)C2CCC1(CS(=O)(=O)N1CCc3cc(S(=O)(=O)N4CCOCC4)ccc31)C(=O)C2. The molecule has 0 amide bonds. The first-order valence-electron chi connectivity index (χ1n) is 11.2. The van der Waals surface area contributed by atoms with Gasteiger partial charge in [0.15, 0.2) is 0 Å². The summed E-state index contributed by atoms with van der Waals surface area (Å²) in [5.74, 6) is 0.160. The molecule has 32 heavy (non-hydrogen) atoms. The van der Waals surface area contributed by atoms with Gasteiger partial charge in [-0.3, -0.25) is 9.10 Å². The molecule has 0 spiro atoms. The van der Waals surface area contributed by atoms with Crippen LogP contribution in [0.1, 0.15) is 38.7 Å². The summed E-state index contributed by atoms with van der Waals surface area (Å²) in [6, 6.07) is 4.69. The first-order valence-corrected chi connectivity index (χ1v) is 14.3. The number of hydrogen-bond acceptors (Lipinski definition) is 6. The van der Waals surface area contributed by atoms with Crippen molar-refractivity contribution in [3.8, 4) is 0 Å². The van der Waals surface area contributed by atoms with E-state index in [1.54, 1.807) is 12.1 Å². The number of morpholine rings is 1. The Bertz CT molecular complexity index is 1170. The van der Waals surface area contributed by atoms with Crippen LogP contribution >= 0.6 is 0 Å². The fourth-order valence-electron chi connectivity index (χ4n) is 6.23. The zero-order valence-electron chi connectivity index (χ0n) is 18.5.